The standard InChI is InChI=1S/C29H33N3O2/c33-27(31-34)17-16-21-12-14-22(15-13-21)19-32-18-6-9-24(20-32)28-25-10-4-5-11-26(25)30-29(28)23-7-2-1-3-8-23/h1-5,7-8,10-15,24,28-30,34H,6,9,16-20H2,(H,31,33). The molecule has 3 atom stereocenters. The van der Waals surface area contributed by atoms with Gasteiger partial charge in [0.05, 0.1) is 6.04 Å². The van der Waals surface area contributed by atoms with Crippen LogP contribution in [0.2, 0.25) is 0 Å². The number of rotatable bonds is 7. The van der Waals surface area contributed by atoms with Crippen molar-refractivity contribution in [3.63, 3.8) is 0 Å². The van der Waals surface area contributed by atoms with E-state index in [-0.39, 0.29) is 5.91 Å². The maximum absolute atomic E-state index is 11.3. The molecule has 2 aliphatic heterocycles. The molecule has 0 saturated carbocycles. The minimum absolute atomic E-state index is 0.295. The third-order valence-electron chi connectivity index (χ3n) is 7.39. The van der Waals surface area contributed by atoms with Crippen molar-refractivity contribution in [2.24, 2.45) is 5.92 Å². The number of amides is 1. The van der Waals surface area contributed by atoms with E-state index in [2.05, 4.69) is 89.1 Å². The van der Waals surface area contributed by atoms with Gasteiger partial charge in [-0.25, -0.2) is 5.48 Å². The Morgan fingerprint density at radius 3 is 2.50 bits per heavy atom. The summed E-state index contributed by atoms with van der Waals surface area (Å²) in [6.07, 6.45) is 3.40. The van der Waals surface area contributed by atoms with Gasteiger partial charge >= 0.3 is 0 Å². The predicted molar refractivity (Wildman–Crippen MR) is 135 cm³/mol. The second-order valence-electron chi connectivity index (χ2n) is 9.63. The fourth-order valence-electron chi connectivity index (χ4n) is 5.74. The van der Waals surface area contributed by atoms with Gasteiger partial charge in [0.2, 0.25) is 5.91 Å². The summed E-state index contributed by atoms with van der Waals surface area (Å²) in [7, 11) is 0. The van der Waals surface area contributed by atoms with Gasteiger partial charge < -0.3 is 5.32 Å². The van der Waals surface area contributed by atoms with Crippen molar-refractivity contribution < 1.29 is 10.0 Å². The number of para-hydroxylation sites is 1. The average Bonchev–Trinajstić information content (AvgIpc) is 3.28. The summed E-state index contributed by atoms with van der Waals surface area (Å²) in [4.78, 5) is 13.9. The molecule has 3 aromatic rings. The predicted octanol–water partition coefficient (Wildman–Crippen LogP) is 5.29. The molecule has 1 saturated heterocycles. The molecule has 0 spiro atoms. The van der Waals surface area contributed by atoms with Crippen molar-refractivity contribution in [3.8, 4) is 0 Å². The number of fused-ring (bicyclic) bond motifs is 1. The van der Waals surface area contributed by atoms with E-state index in [0.29, 0.717) is 30.7 Å². The van der Waals surface area contributed by atoms with Gasteiger partial charge in [-0.2, -0.15) is 0 Å². The maximum atomic E-state index is 11.3. The van der Waals surface area contributed by atoms with Gasteiger partial charge in [0.15, 0.2) is 0 Å². The zero-order valence-electron chi connectivity index (χ0n) is 19.5. The number of anilines is 1. The highest BCUT2D eigenvalue weighted by Gasteiger charge is 2.39. The van der Waals surface area contributed by atoms with Crippen molar-refractivity contribution in [3.05, 3.63) is 101 Å². The van der Waals surface area contributed by atoms with Crippen molar-refractivity contribution in [1.29, 1.82) is 0 Å². The number of carbonyl (C=O) groups is 1. The smallest absolute Gasteiger partial charge is 0.243 e. The van der Waals surface area contributed by atoms with Crippen molar-refractivity contribution >= 4 is 11.6 Å². The quantitative estimate of drug-likeness (QED) is 0.335. The molecule has 176 valence electrons. The summed E-state index contributed by atoms with van der Waals surface area (Å²) in [6, 6.07) is 28.6. The van der Waals surface area contributed by atoms with Gasteiger partial charge in [0.1, 0.15) is 0 Å². The Balaban J connectivity index is 1.28. The molecule has 3 N–H and O–H groups in total. The van der Waals surface area contributed by atoms with Gasteiger partial charge in [-0.1, -0.05) is 72.8 Å². The first-order valence-corrected chi connectivity index (χ1v) is 12.3. The normalized spacial score (nSPS) is 22.1. The van der Waals surface area contributed by atoms with E-state index in [4.69, 9.17) is 5.21 Å². The lowest BCUT2D eigenvalue weighted by Gasteiger charge is -2.38. The van der Waals surface area contributed by atoms with Crippen LogP contribution in [0.5, 0.6) is 0 Å². The lowest BCUT2D eigenvalue weighted by atomic mass is 9.76. The molecule has 5 nitrogen and oxygen atoms in total. The van der Waals surface area contributed by atoms with E-state index >= 15 is 0 Å². The second kappa shape index (κ2) is 10.4. The Kier molecular flexibility index (Phi) is 6.93. The van der Waals surface area contributed by atoms with Crippen LogP contribution in [-0.4, -0.2) is 29.1 Å². The zero-order valence-corrected chi connectivity index (χ0v) is 19.5. The summed E-state index contributed by atoms with van der Waals surface area (Å²) < 4.78 is 0. The molecule has 0 aliphatic carbocycles. The third-order valence-corrected chi connectivity index (χ3v) is 7.39. The highest BCUT2D eigenvalue weighted by molar-refractivity contribution is 5.74. The van der Waals surface area contributed by atoms with Crippen LogP contribution in [0.1, 0.15) is 53.5 Å². The Labute approximate surface area is 201 Å². The summed E-state index contributed by atoms with van der Waals surface area (Å²) in [5.41, 5.74) is 8.22. The lowest BCUT2D eigenvalue weighted by Crippen LogP contribution is -2.38. The fraction of sp³-hybridized carbons (Fsp3) is 0.345. The van der Waals surface area contributed by atoms with Crippen LogP contribution in [0, 0.1) is 5.92 Å². The van der Waals surface area contributed by atoms with Crippen LogP contribution in [0.15, 0.2) is 78.9 Å². The maximum Gasteiger partial charge on any atom is 0.243 e. The Hall–Kier alpha value is -3.15. The summed E-state index contributed by atoms with van der Waals surface area (Å²) >= 11 is 0. The van der Waals surface area contributed by atoms with Crippen LogP contribution in [0.4, 0.5) is 5.69 Å². The van der Waals surface area contributed by atoms with Crippen LogP contribution in [0.25, 0.3) is 0 Å². The number of piperidine rings is 1. The van der Waals surface area contributed by atoms with Gasteiger partial charge in [0, 0.05) is 31.1 Å². The molecule has 1 fully saturated rings. The lowest BCUT2D eigenvalue weighted by molar-refractivity contribution is -0.129. The summed E-state index contributed by atoms with van der Waals surface area (Å²) in [5.74, 6) is 0.730. The van der Waals surface area contributed by atoms with Crippen LogP contribution >= 0.6 is 0 Å². The second-order valence-corrected chi connectivity index (χ2v) is 9.63. The number of benzene rings is 3. The van der Waals surface area contributed by atoms with E-state index in [1.807, 2.05) is 0 Å². The topological polar surface area (TPSA) is 64.6 Å². The molecular weight excluding hydrogens is 422 g/mol. The number of aryl methyl sites for hydroxylation is 1. The van der Waals surface area contributed by atoms with E-state index in [0.717, 1.165) is 25.2 Å². The average molecular weight is 456 g/mol. The van der Waals surface area contributed by atoms with Crippen molar-refractivity contribution in [1.82, 2.24) is 10.4 Å². The minimum atomic E-state index is -0.347. The van der Waals surface area contributed by atoms with Crippen LogP contribution in [0.3, 0.4) is 0 Å². The van der Waals surface area contributed by atoms with E-state index in [1.165, 1.54) is 35.2 Å². The van der Waals surface area contributed by atoms with E-state index < -0.39 is 0 Å². The summed E-state index contributed by atoms with van der Waals surface area (Å²) in [5, 5.41) is 12.5. The monoisotopic (exact) mass is 455 g/mol. The number of likely N-dealkylation sites (tertiary alicyclic amines) is 1. The molecule has 34 heavy (non-hydrogen) atoms. The van der Waals surface area contributed by atoms with Gasteiger partial charge in [-0.15, -0.1) is 0 Å². The number of nitrogens with one attached hydrogen (secondary N) is 2. The van der Waals surface area contributed by atoms with Crippen molar-refractivity contribution in [2.75, 3.05) is 18.4 Å². The molecular formula is C29H33N3O2. The number of hydrogen-bond donors (Lipinski definition) is 3. The molecule has 1 amide bonds. The highest BCUT2D eigenvalue weighted by atomic mass is 16.5. The Morgan fingerprint density at radius 2 is 1.71 bits per heavy atom. The minimum Gasteiger partial charge on any atom is -0.377 e. The number of nitrogens with zero attached hydrogens (tertiary/aromatic N) is 1. The SMILES string of the molecule is O=C(CCc1ccc(CN2CCCC(C3c4ccccc4NC3c3ccccc3)C2)cc1)NO. The molecule has 3 unspecified atom stereocenters. The van der Waals surface area contributed by atoms with Crippen LogP contribution in [-0.2, 0) is 17.8 Å². The Bertz CT molecular complexity index is 1100. The molecule has 0 aromatic heterocycles. The molecule has 0 bridgehead atoms. The molecule has 2 aliphatic rings. The van der Waals surface area contributed by atoms with Gasteiger partial charge in [-0.05, 0) is 60.0 Å². The van der Waals surface area contributed by atoms with E-state index in [1.54, 1.807) is 5.48 Å². The molecule has 2 heterocycles. The molecule has 3 aromatic carbocycles. The van der Waals surface area contributed by atoms with E-state index in [9.17, 15) is 4.79 Å². The molecule has 5 heteroatoms. The Morgan fingerprint density at radius 1 is 0.971 bits per heavy atom. The fourth-order valence-corrected chi connectivity index (χ4v) is 5.74. The zero-order chi connectivity index (χ0) is 23.3. The number of hydrogen-bond acceptors (Lipinski definition) is 4. The largest absolute Gasteiger partial charge is 0.377 e. The van der Waals surface area contributed by atoms with Gasteiger partial charge in [-0.3, -0.25) is 14.9 Å². The molecule has 5 rings (SSSR count). The summed E-state index contributed by atoms with van der Waals surface area (Å²) in [6.45, 7) is 3.18. The van der Waals surface area contributed by atoms with Crippen LogP contribution < -0.4 is 10.8 Å². The first-order valence-electron chi connectivity index (χ1n) is 12.3. The molecule has 0 radical (unpaired) electrons. The first kappa shape index (κ1) is 22.6. The third kappa shape index (κ3) is 5.01. The van der Waals surface area contributed by atoms with Crippen molar-refractivity contribution in [2.45, 2.75) is 44.2 Å². The number of hydroxylamine groups is 1. The first-order chi connectivity index (χ1) is 16.7. The highest BCUT2D eigenvalue weighted by Crippen LogP contribution is 2.49. The van der Waals surface area contributed by atoms with Gasteiger partial charge in [0.25, 0.3) is 0 Å². The number of carbonyl (C=O) groups excluding carboxylic acids is 1.